The molecule has 0 bridgehead atoms. The van der Waals surface area contributed by atoms with Gasteiger partial charge in [0.1, 0.15) is 0 Å². The third-order valence-electron chi connectivity index (χ3n) is 3.09. The van der Waals surface area contributed by atoms with E-state index in [1.165, 1.54) is 29.5 Å². The maximum atomic E-state index is 2.25. The van der Waals surface area contributed by atoms with Crippen molar-refractivity contribution in [2.75, 3.05) is 0 Å². The minimum atomic E-state index is 1.02. The van der Waals surface area contributed by atoms with Crippen LogP contribution in [-0.4, -0.2) is 0 Å². The summed E-state index contributed by atoms with van der Waals surface area (Å²) in [6.45, 7) is 2.23. The summed E-state index contributed by atoms with van der Waals surface area (Å²) in [4.78, 5) is 0. The normalized spacial score (nSPS) is 10.9. The average Bonchev–Trinajstić information content (AvgIpc) is 2.42. The Morgan fingerprint density at radius 3 is 2.22 bits per heavy atom. The highest BCUT2D eigenvalue weighted by Gasteiger charge is 1.98. The summed E-state index contributed by atoms with van der Waals surface area (Å²) in [6.07, 6.45) is 7.85. The van der Waals surface area contributed by atoms with E-state index in [2.05, 4.69) is 67.6 Å². The maximum absolute atomic E-state index is 2.25. The number of aryl methyl sites for hydroxylation is 1. The van der Waals surface area contributed by atoms with E-state index in [9.17, 15) is 0 Å². The second-order valence-electron chi connectivity index (χ2n) is 4.54. The summed E-state index contributed by atoms with van der Waals surface area (Å²) in [7, 11) is 0. The second-order valence-corrected chi connectivity index (χ2v) is 4.54. The molecule has 0 heteroatoms. The lowest BCUT2D eigenvalue weighted by atomic mass is 10.0. The van der Waals surface area contributed by atoms with E-state index in [1.54, 1.807) is 0 Å². The van der Waals surface area contributed by atoms with Crippen molar-refractivity contribution < 1.29 is 0 Å². The van der Waals surface area contributed by atoms with Crippen molar-refractivity contribution in [2.24, 2.45) is 0 Å². The third-order valence-corrected chi connectivity index (χ3v) is 3.09. The van der Waals surface area contributed by atoms with Gasteiger partial charge in [0.15, 0.2) is 0 Å². The van der Waals surface area contributed by atoms with Crippen LogP contribution in [0.5, 0.6) is 0 Å². The van der Waals surface area contributed by atoms with Gasteiger partial charge in [0, 0.05) is 0 Å². The van der Waals surface area contributed by atoms with Gasteiger partial charge in [0.25, 0.3) is 0 Å². The Labute approximate surface area is 110 Å². The Kier molecular flexibility index (Phi) is 4.78. The molecule has 0 fully saturated rings. The van der Waals surface area contributed by atoms with E-state index in [0.29, 0.717) is 0 Å². The Bertz CT molecular complexity index is 494. The molecule has 0 amide bonds. The van der Waals surface area contributed by atoms with Crippen LogP contribution >= 0.6 is 0 Å². The molecule has 2 aromatic carbocycles. The predicted molar refractivity (Wildman–Crippen MR) is 79.6 cm³/mol. The van der Waals surface area contributed by atoms with Gasteiger partial charge in [-0.2, -0.15) is 0 Å². The molecule has 0 aliphatic rings. The number of hydrogen-bond acceptors (Lipinski definition) is 0. The molecule has 0 aliphatic heterocycles. The van der Waals surface area contributed by atoms with Crippen molar-refractivity contribution in [1.29, 1.82) is 0 Å². The monoisotopic (exact) mass is 236 g/mol. The minimum Gasteiger partial charge on any atom is -0.0795 e. The summed E-state index contributed by atoms with van der Waals surface area (Å²) in [5.41, 5.74) is 4.20. The SMILES string of the molecule is CCCc1ccccc1CC=Cc1ccccc1. The first-order valence-electron chi connectivity index (χ1n) is 6.68. The Morgan fingerprint density at radius 1 is 0.833 bits per heavy atom. The molecule has 0 spiro atoms. The fraction of sp³-hybridized carbons (Fsp3) is 0.222. The highest BCUT2D eigenvalue weighted by Crippen LogP contribution is 2.13. The molecule has 0 unspecified atom stereocenters. The summed E-state index contributed by atoms with van der Waals surface area (Å²) in [5.74, 6) is 0. The molecule has 0 aromatic heterocycles. The van der Waals surface area contributed by atoms with Crippen LogP contribution in [0.4, 0.5) is 0 Å². The van der Waals surface area contributed by atoms with E-state index in [1.807, 2.05) is 6.07 Å². The van der Waals surface area contributed by atoms with Crippen LogP contribution in [0.25, 0.3) is 6.08 Å². The largest absolute Gasteiger partial charge is 0.0795 e. The van der Waals surface area contributed by atoms with E-state index >= 15 is 0 Å². The van der Waals surface area contributed by atoms with Crippen LogP contribution in [0.15, 0.2) is 60.7 Å². The zero-order valence-electron chi connectivity index (χ0n) is 11.0. The first-order valence-corrected chi connectivity index (χ1v) is 6.68. The first kappa shape index (κ1) is 12.6. The molecule has 2 aromatic rings. The van der Waals surface area contributed by atoms with E-state index in [0.717, 1.165) is 6.42 Å². The van der Waals surface area contributed by atoms with E-state index in [-0.39, 0.29) is 0 Å². The molecule has 0 atom stereocenters. The number of rotatable bonds is 5. The van der Waals surface area contributed by atoms with Crippen molar-refractivity contribution in [3.8, 4) is 0 Å². The molecular formula is C18H20. The van der Waals surface area contributed by atoms with Gasteiger partial charge in [0.2, 0.25) is 0 Å². The summed E-state index contributed by atoms with van der Waals surface area (Å²) in [6, 6.07) is 19.2. The Balaban J connectivity index is 2.04. The van der Waals surface area contributed by atoms with Crippen molar-refractivity contribution >= 4 is 6.08 Å². The number of allylic oxidation sites excluding steroid dienone is 1. The highest BCUT2D eigenvalue weighted by molar-refractivity contribution is 5.49. The zero-order chi connectivity index (χ0) is 12.6. The minimum absolute atomic E-state index is 1.02. The third kappa shape index (κ3) is 3.59. The second kappa shape index (κ2) is 6.80. The lowest BCUT2D eigenvalue weighted by molar-refractivity contribution is 0.907. The molecule has 0 aliphatic carbocycles. The number of benzene rings is 2. The highest BCUT2D eigenvalue weighted by atomic mass is 14.0. The predicted octanol–water partition coefficient (Wildman–Crippen LogP) is 4.90. The van der Waals surface area contributed by atoms with Crippen molar-refractivity contribution in [1.82, 2.24) is 0 Å². The molecule has 0 saturated carbocycles. The maximum Gasteiger partial charge on any atom is -0.00914 e. The fourth-order valence-electron chi connectivity index (χ4n) is 2.16. The van der Waals surface area contributed by atoms with Gasteiger partial charge in [-0.05, 0) is 29.5 Å². The van der Waals surface area contributed by atoms with Crippen molar-refractivity contribution in [2.45, 2.75) is 26.2 Å². The van der Waals surface area contributed by atoms with Gasteiger partial charge >= 0.3 is 0 Å². The van der Waals surface area contributed by atoms with Gasteiger partial charge in [-0.25, -0.2) is 0 Å². The smallest absolute Gasteiger partial charge is 0.00914 e. The van der Waals surface area contributed by atoms with Gasteiger partial charge in [-0.1, -0.05) is 80.1 Å². The zero-order valence-corrected chi connectivity index (χ0v) is 11.0. The lowest BCUT2D eigenvalue weighted by Crippen LogP contribution is -1.91. The Morgan fingerprint density at radius 2 is 1.50 bits per heavy atom. The van der Waals surface area contributed by atoms with E-state index < -0.39 is 0 Å². The summed E-state index contributed by atoms with van der Waals surface area (Å²) >= 11 is 0. The van der Waals surface area contributed by atoms with Crippen LogP contribution in [0, 0.1) is 0 Å². The van der Waals surface area contributed by atoms with Crippen molar-refractivity contribution in [3.63, 3.8) is 0 Å². The molecule has 0 N–H and O–H groups in total. The van der Waals surface area contributed by atoms with E-state index in [4.69, 9.17) is 0 Å². The van der Waals surface area contributed by atoms with Gasteiger partial charge in [-0.15, -0.1) is 0 Å². The molecule has 2 rings (SSSR count). The quantitative estimate of drug-likeness (QED) is 0.693. The molecule has 0 saturated heterocycles. The van der Waals surface area contributed by atoms with Crippen LogP contribution < -0.4 is 0 Å². The van der Waals surface area contributed by atoms with Crippen LogP contribution in [0.1, 0.15) is 30.0 Å². The topological polar surface area (TPSA) is 0 Å². The summed E-state index contributed by atoms with van der Waals surface area (Å²) in [5, 5.41) is 0. The Hall–Kier alpha value is -1.82. The number of hydrogen-bond donors (Lipinski definition) is 0. The average molecular weight is 236 g/mol. The fourth-order valence-corrected chi connectivity index (χ4v) is 2.16. The summed E-state index contributed by atoms with van der Waals surface area (Å²) < 4.78 is 0. The molecule has 0 heterocycles. The van der Waals surface area contributed by atoms with Crippen LogP contribution in [-0.2, 0) is 12.8 Å². The van der Waals surface area contributed by atoms with Crippen LogP contribution in [0.3, 0.4) is 0 Å². The van der Waals surface area contributed by atoms with Crippen molar-refractivity contribution in [3.05, 3.63) is 77.4 Å². The van der Waals surface area contributed by atoms with Gasteiger partial charge < -0.3 is 0 Å². The molecule has 0 radical (unpaired) electrons. The lowest BCUT2D eigenvalue weighted by Gasteiger charge is -2.05. The molecular weight excluding hydrogens is 216 g/mol. The van der Waals surface area contributed by atoms with Gasteiger partial charge in [-0.3, -0.25) is 0 Å². The molecule has 18 heavy (non-hydrogen) atoms. The van der Waals surface area contributed by atoms with Gasteiger partial charge in [0.05, 0.1) is 0 Å². The van der Waals surface area contributed by atoms with Crippen LogP contribution in [0.2, 0.25) is 0 Å². The molecule has 0 nitrogen and oxygen atoms in total. The molecule has 92 valence electrons. The standard InChI is InChI=1S/C18H20/c1-2-9-17-13-6-7-14-18(17)15-8-12-16-10-4-3-5-11-16/h3-8,10-14H,2,9,15H2,1H3. The first-order chi connectivity index (χ1) is 8.90.